The van der Waals surface area contributed by atoms with Gasteiger partial charge >= 0.3 is 0 Å². The molecular weight excluding hydrogens is 258 g/mol. The molecule has 2 aromatic rings. The van der Waals surface area contributed by atoms with Crippen LogP contribution in [-0.4, -0.2) is 16.8 Å². The Kier molecular flexibility index (Phi) is 4.34. The standard InChI is InChI=1S/C19H21NO/c21-19(14-11-16-7-3-1-4-8-16)20(18-12-13-18)15-17-9-5-2-6-10-17/h1-10,18H,11-15H2. The molecule has 3 rings (SSSR count). The smallest absolute Gasteiger partial charge is 0.223 e. The molecule has 2 nitrogen and oxygen atoms in total. The number of aryl methyl sites for hydroxylation is 1. The Bertz CT molecular complexity index is 575. The Hall–Kier alpha value is -2.09. The lowest BCUT2D eigenvalue weighted by Crippen LogP contribution is -2.32. The predicted octanol–water partition coefficient (Wildman–Crippen LogP) is 3.81. The Labute approximate surface area is 126 Å². The molecular formula is C19H21NO. The Morgan fingerprint density at radius 1 is 0.905 bits per heavy atom. The van der Waals surface area contributed by atoms with Crippen molar-refractivity contribution in [3.8, 4) is 0 Å². The lowest BCUT2D eigenvalue weighted by molar-refractivity contribution is -0.132. The van der Waals surface area contributed by atoms with E-state index in [4.69, 9.17) is 0 Å². The first-order valence-electron chi connectivity index (χ1n) is 7.70. The molecule has 1 saturated carbocycles. The van der Waals surface area contributed by atoms with Gasteiger partial charge < -0.3 is 4.90 Å². The Morgan fingerprint density at radius 3 is 2.05 bits per heavy atom. The molecule has 0 heterocycles. The maximum atomic E-state index is 12.5. The van der Waals surface area contributed by atoms with Crippen LogP contribution in [0.3, 0.4) is 0 Å². The number of carbonyl (C=O) groups is 1. The number of carbonyl (C=O) groups excluding carboxylic acids is 1. The summed E-state index contributed by atoms with van der Waals surface area (Å²) in [5.74, 6) is 0.283. The molecule has 0 bridgehead atoms. The molecule has 108 valence electrons. The molecule has 0 atom stereocenters. The molecule has 1 aliphatic carbocycles. The summed E-state index contributed by atoms with van der Waals surface area (Å²) in [6.07, 6.45) is 3.75. The van der Waals surface area contributed by atoms with Crippen LogP contribution in [0.15, 0.2) is 60.7 Å². The predicted molar refractivity (Wildman–Crippen MR) is 84.8 cm³/mol. The molecule has 2 aromatic carbocycles. The Morgan fingerprint density at radius 2 is 1.48 bits per heavy atom. The largest absolute Gasteiger partial charge is 0.335 e. The second kappa shape index (κ2) is 6.57. The van der Waals surface area contributed by atoms with E-state index in [9.17, 15) is 4.79 Å². The summed E-state index contributed by atoms with van der Waals surface area (Å²) in [6.45, 7) is 0.749. The summed E-state index contributed by atoms with van der Waals surface area (Å²) in [7, 11) is 0. The summed E-state index contributed by atoms with van der Waals surface area (Å²) in [5, 5.41) is 0. The van der Waals surface area contributed by atoms with Crippen LogP contribution >= 0.6 is 0 Å². The third-order valence-electron chi connectivity index (χ3n) is 3.97. The summed E-state index contributed by atoms with van der Waals surface area (Å²) in [6, 6.07) is 21.0. The molecule has 2 heteroatoms. The summed E-state index contributed by atoms with van der Waals surface area (Å²) < 4.78 is 0. The van der Waals surface area contributed by atoms with Crippen molar-refractivity contribution >= 4 is 5.91 Å². The molecule has 0 unspecified atom stereocenters. The molecule has 0 aliphatic heterocycles. The van der Waals surface area contributed by atoms with Crippen molar-refractivity contribution in [2.24, 2.45) is 0 Å². The fourth-order valence-electron chi connectivity index (χ4n) is 2.63. The van der Waals surface area contributed by atoms with Crippen LogP contribution in [0.4, 0.5) is 0 Å². The molecule has 21 heavy (non-hydrogen) atoms. The highest BCUT2D eigenvalue weighted by Crippen LogP contribution is 2.29. The average Bonchev–Trinajstić information content (AvgIpc) is 3.37. The van der Waals surface area contributed by atoms with Gasteiger partial charge in [0.1, 0.15) is 0 Å². The van der Waals surface area contributed by atoms with Crippen LogP contribution in [0.1, 0.15) is 30.4 Å². The fourth-order valence-corrected chi connectivity index (χ4v) is 2.63. The van der Waals surface area contributed by atoms with Crippen LogP contribution in [0.25, 0.3) is 0 Å². The van der Waals surface area contributed by atoms with Gasteiger partial charge in [0.25, 0.3) is 0 Å². The van der Waals surface area contributed by atoms with Crippen molar-refractivity contribution in [2.45, 2.75) is 38.3 Å². The van der Waals surface area contributed by atoms with Crippen molar-refractivity contribution in [1.82, 2.24) is 4.90 Å². The lowest BCUT2D eigenvalue weighted by atomic mass is 10.1. The van der Waals surface area contributed by atoms with Crippen LogP contribution in [0.5, 0.6) is 0 Å². The molecule has 1 aliphatic rings. The Balaban J connectivity index is 1.60. The van der Waals surface area contributed by atoms with Gasteiger partial charge in [-0.15, -0.1) is 0 Å². The van der Waals surface area contributed by atoms with Crippen LogP contribution in [0, 0.1) is 0 Å². The van der Waals surface area contributed by atoms with E-state index in [1.165, 1.54) is 11.1 Å². The minimum Gasteiger partial charge on any atom is -0.335 e. The maximum Gasteiger partial charge on any atom is 0.223 e. The van der Waals surface area contributed by atoms with E-state index in [2.05, 4.69) is 29.2 Å². The van der Waals surface area contributed by atoms with Crippen molar-refractivity contribution in [3.05, 3.63) is 71.8 Å². The quantitative estimate of drug-likeness (QED) is 0.787. The summed E-state index contributed by atoms with van der Waals surface area (Å²) >= 11 is 0. The summed E-state index contributed by atoms with van der Waals surface area (Å²) in [5.41, 5.74) is 2.46. The fraction of sp³-hybridized carbons (Fsp3) is 0.316. The van der Waals surface area contributed by atoms with Gasteiger partial charge in [-0.05, 0) is 30.4 Å². The first-order chi connectivity index (χ1) is 10.3. The summed E-state index contributed by atoms with van der Waals surface area (Å²) in [4.78, 5) is 14.6. The van der Waals surface area contributed by atoms with Gasteiger partial charge in [0.15, 0.2) is 0 Å². The zero-order valence-corrected chi connectivity index (χ0v) is 12.2. The third-order valence-corrected chi connectivity index (χ3v) is 3.97. The van der Waals surface area contributed by atoms with Crippen LogP contribution < -0.4 is 0 Å². The van der Waals surface area contributed by atoms with Gasteiger partial charge in [-0.3, -0.25) is 4.79 Å². The van der Waals surface area contributed by atoms with Gasteiger partial charge in [0, 0.05) is 19.0 Å². The molecule has 1 amide bonds. The minimum atomic E-state index is 0.283. The van der Waals surface area contributed by atoms with Gasteiger partial charge in [-0.1, -0.05) is 60.7 Å². The number of hydrogen-bond donors (Lipinski definition) is 0. The highest BCUT2D eigenvalue weighted by molar-refractivity contribution is 5.77. The van der Waals surface area contributed by atoms with Gasteiger partial charge in [0.2, 0.25) is 5.91 Å². The highest BCUT2D eigenvalue weighted by Gasteiger charge is 2.32. The number of amides is 1. The van der Waals surface area contributed by atoms with Crippen molar-refractivity contribution in [3.63, 3.8) is 0 Å². The number of rotatable bonds is 6. The van der Waals surface area contributed by atoms with Crippen molar-refractivity contribution in [1.29, 1.82) is 0 Å². The molecule has 0 saturated heterocycles. The van der Waals surface area contributed by atoms with E-state index in [1.54, 1.807) is 0 Å². The SMILES string of the molecule is O=C(CCc1ccccc1)N(Cc1ccccc1)C1CC1. The first-order valence-corrected chi connectivity index (χ1v) is 7.70. The maximum absolute atomic E-state index is 12.5. The van der Waals surface area contributed by atoms with Crippen LogP contribution in [0.2, 0.25) is 0 Å². The molecule has 0 radical (unpaired) electrons. The van der Waals surface area contributed by atoms with Crippen LogP contribution in [-0.2, 0) is 17.8 Å². The molecule has 0 aromatic heterocycles. The average molecular weight is 279 g/mol. The highest BCUT2D eigenvalue weighted by atomic mass is 16.2. The monoisotopic (exact) mass is 279 g/mol. The normalized spacial score (nSPS) is 13.9. The second-order valence-corrected chi connectivity index (χ2v) is 5.72. The van der Waals surface area contributed by atoms with E-state index in [1.807, 2.05) is 36.4 Å². The number of hydrogen-bond acceptors (Lipinski definition) is 1. The van der Waals surface area contributed by atoms with E-state index in [-0.39, 0.29) is 5.91 Å². The number of benzene rings is 2. The zero-order valence-electron chi connectivity index (χ0n) is 12.2. The van der Waals surface area contributed by atoms with Gasteiger partial charge in [-0.25, -0.2) is 0 Å². The molecule has 1 fully saturated rings. The van der Waals surface area contributed by atoms with Gasteiger partial charge in [0.05, 0.1) is 0 Å². The second-order valence-electron chi connectivity index (χ2n) is 5.72. The minimum absolute atomic E-state index is 0.283. The van der Waals surface area contributed by atoms with E-state index < -0.39 is 0 Å². The van der Waals surface area contributed by atoms with E-state index in [0.717, 1.165) is 25.8 Å². The van der Waals surface area contributed by atoms with Gasteiger partial charge in [-0.2, -0.15) is 0 Å². The third kappa shape index (κ3) is 3.94. The van der Waals surface area contributed by atoms with E-state index >= 15 is 0 Å². The first kappa shape index (κ1) is 13.9. The zero-order chi connectivity index (χ0) is 14.5. The number of nitrogens with zero attached hydrogens (tertiary/aromatic N) is 1. The lowest BCUT2D eigenvalue weighted by Gasteiger charge is -2.22. The van der Waals surface area contributed by atoms with Crippen molar-refractivity contribution < 1.29 is 4.79 Å². The molecule has 0 spiro atoms. The topological polar surface area (TPSA) is 20.3 Å². The molecule has 0 N–H and O–H groups in total. The van der Waals surface area contributed by atoms with E-state index in [0.29, 0.717) is 12.5 Å². The van der Waals surface area contributed by atoms with Crippen molar-refractivity contribution in [2.75, 3.05) is 0 Å².